The van der Waals surface area contributed by atoms with Crippen molar-refractivity contribution >= 4 is 27.9 Å². The van der Waals surface area contributed by atoms with Crippen LogP contribution in [0.5, 0.6) is 0 Å². The van der Waals surface area contributed by atoms with Crippen molar-refractivity contribution in [1.82, 2.24) is 0 Å². The zero-order valence-corrected chi connectivity index (χ0v) is 12.7. The van der Waals surface area contributed by atoms with Gasteiger partial charge in [-0.2, -0.15) is 0 Å². The Bertz CT molecular complexity index is 331. The first-order valence-corrected chi connectivity index (χ1v) is 6.03. The summed E-state index contributed by atoms with van der Waals surface area (Å²) in [5, 5.41) is 0. The lowest BCUT2D eigenvalue weighted by atomic mass is 10.2. The highest BCUT2D eigenvalue weighted by atomic mass is 79.9. The molecule has 17 heavy (non-hydrogen) atoms. The third-order valence-electron chi connectivity index (χ3n) is 1.25. The summed E-state index contributed by atoms with van der Waals surface area (Å²) >= 11 is 2.99. The number of carbonyl (C=O) groups excluding carboxylic acids is 2. The third kappa shape index (κ3) is 8.92. The van der Waals surface area contributed by atoms with Crippen molar-refractivity contribution in [3.05, 3.63) is 10.6 Å². The predicted molar refractivity (Wildman–Crippen MR) is 68.7 cm³/mol. The molecule has 0 spiro atoms. The van der Waals surface area contributed by atoms with E-state index in [9.17, 15) is 9.59 Å². The van der Waals surface area contributed by atoms with E-state index in [1.165, 1.54) is 0 Å². The van der Waals surface area contributed by atoms with E-state index in [0.717, 1.165) is 6.08 Å². The molecule has 0 atom stereocenters. The number of esters is 2. The molecule has 0 fully saturated rings. The van der Waals surface area contributed by atoms with E-state index in [1.54, 1.807) is 41.5 Å². The Kier molecular flexibility index (Phi) is 5.39. The number of hydrogen-bond donors (Lipinski definition) is 0. The molecule has 0 rings (SSSR count). The molecule has 0 aliphatic carbocycles. The third-order valence-corrected chi connectivity index (χ3v) is 1.80. The Morgan fingerprint density at radius 2 is 1.35 bits per heavy atom. The lowest BCUT2D eigenvalue weighted by Crippen LogP contribution is -2.25. The Balaban J connectivity index is 4.55. The quantitative estimate of drug-likeness (QED) is 0.581. The summed E-state index contributed by atoms with van der Waals surface area (Å²) in [7, 11) is 0. The first-order chi connectivity index (χ1) is 7.41. The van der Waals surface area contributed by atoms with E-state index < -0.39 is 23.1 Å². The van der Waals surface area contributed by atoms with Crippen LogP contribution >= 0.6 is 15.9 Å². The van der Waals surface area contributed by atoms with Gasteiger partial charge in [-0.25, -0.2) is 9.59 Å². The number of halogens is 1. The first kappa shape index (κ1) is 16.2. The molecule has 0 unspecified atom stereocenters. The van der Waals surface area contributed by atoms with Crippen molar-refractivity contribution in [2.75, 3.05) is 0 Å². The van der Waals surface area contributed by atoms with Crippen LogP contribution in [0.1, 0.15) is 41.5 Å². The van der Waals surface area contributed by atoms with Crippen LogP contribution in [0.2, 0.25) is 0 Å². The molecular weight excluding hydrogens is 288 g/mol. The average molecular weight is 307 g/mol. The van der Waals surface area contributed by atoms with Gasteiger partial charge in [0, 0.05) is 6.08 Å². The minimum atomic E-state index is -0.599. The van der Waals surface area contributed by atoms with E-state index in [1.807, 2.05) is 0 Å². The van der Waals surface area contributed by atoms with Gasteiger partial charge in [0.05, 0.1) is 0 Å². The van der Waals surface area contributed by atoms with Crippen molar-refractivity contribution in [2.24, 2.45) is 0 Å². The van der Waals surface area contributed by atoms with Gasteiger partial charge in [0.15, 0.2) is 0 Å². The van der Waals surface area contributed by atoms with E-state index in [4.69, 9.17) is 9.47 Å². The summed E-state index contributed by atoms with van der Waals surface area (Å²) < 4.78 is 10.1. The second kappa shape index (κ2) is 5.67. The van der Waals surface area contributed by atoms with Gasteiger partial charge in [-0.1, -0.05) is 0 Å². The number of rotatable bonds is 2. The van der Waals surface area contributed by atoms with Gasteiger partial charge in [-0.15, -0.1) is 0 Å². The molecule has 0 aromatic carbocycles. The molecule has 0 aromatic heterocycles. The maximum atomic E-state index is 11.5. The molecule has 0 radical (unpaired) electrons. The fourth-order valence-electron chi connectivity index (χ4n) is 0.820. The summed E-state index contributed by atoms with van der Waals surface area (Å²) in [4.78, 5) is 22.9. The topological polar surface area (TPSA) is 52.6 Å². The van der Waals surface area contributed by atoms with E-state index >= 15 is 0 Å². The standard InChI is InChI=1S/C12H19BrO4/c1-11(2,3)16-9(14)7-8(13)10(15)17-12(4,5)6/h7H,1-6H3/b8-7-. The van der Waals surface area contributed by atoms with Gasteiger partial charge < -0.3 is 9.47 Å². The molecule has 0 aromatic rings. The maximum absolute atomic E-state index is 11.5. The van der Waals surface area contributed by atoms with Crippen LogP contribution in [-0.2, 0) is 19.1 Å². The van der Waals surface area contributed by atoms with Crippen LogP contribution in [0.25, 0.3) is 0 Å². The van der Waals surface area contributed by atoms with Gasteiger partial charge in [0.1, 0.15) is 15.7 Å². The van der Waals surface area contributed by atoms with Crippen LogP contribution in [0.15, 0.2) is 10.6 Å². The summed E-state index contributed by atoms with van der Waals surface area (Å²) in [5.41, 5.74) is -1.19. The predicted octanol–water partition coefficient (Wildman–Crippen LogP) is 2.95. The second-order valence-electron chi connectivity index (χ2n) is 5.53. The summed E-state index contributed by atoms with van der Waals surface area (Å²) in [5.74, 6) is -1.18. The van der Waals surface area contributed by atoms with Crippen LogP contribution in [0.3, 0.4) is 0 Å². The highest BCUT2D eigenvalue weighted by Crippen LogP contribution is 2.16. The lowest BCUT2D eigenvalue weighted by molar-refractivity contribution is -0.151. The minimum Gasteiger partial charge on any atom is -0.457 e. The fourth-order valence-corrected chi connectivity index (χ4v) is 1.09. The Morgan fingerprint density at radius 1 is 0.941 bits per heavy atom. The second-order valence-corrected chi connectivity index (χ2v) is 6.38. The highest BCUT2D eigenvalue weighted by molar-refractivity contribution is 9.12. The van der Waals surface area contributed by atoms with Crippen molar-refractivity contribution in [3.8, 4) is 0 Å². The summed E-state index contributed by atoms with van der Waals surface area (Å²) in [6.45, 7) is 10.5. The zero-order chi connectivity index (χ0) is 13.9. The summed E-state index contributed by atoms with van der Waals surface area (Å²) in [6.07, 6.45) is 1.07. The van der Waals surface area contributed by atoms with Gasteiger partial charge in [-0.05, 0) is 57.5 Å². The molecule has 0 aliphatic heterocycles. The average Bonchev–Trinajstić information content (AvgIpc) is 1.95. The van der Waals surface area contributed by atoms with Gasteiger partial charge in [0.2, 0.25) is 0 Å². The van der Waals surface area contributed by atoms with Crippen molar-refractivity contribution in [3.63, 3.8) is 0 Å². The lowest BCUT2D eigenvalue weighted by Gasteiger charge is -2.20. The molecule has 0 aliphatic rings. The van der Waals surface area contributed by atoms with Crippen LogP contribution < -0.4 is 0 Å². The minimum absolute atomic E-state index is 0.0432. The highest BCUT2D eigenvalue weighted by Gasteiger charge is 2.21. The Hall–Kier alpha value is -0.840. The summed E-state index contributed by atoms with van der Waals surface area (Å²) in [6, 6.07) is 0. The molecule has 0 N–H and O–H groups in total. The van der Waals surface area contributed by atoms with E-state index in [0.29, 0.717) is 0 Å². The normalized spacial score (nSPS) is 13.2. The van der Waals surface area contributed by atoms with Gasteiger partial charge in [-0.3, -0.25) is 0 Å². The van der Waals surface area contributed by atoms with E-state index in [-0.39, 0.29) is 4.48 Å². The number of carbonyl (C=O) groups is 2. The smallest absolute Gasteiger partial charge is 0.346 e. The van der Waals surface area contributed by atoms with E-state index in [2.05, 4.69) is 15.9 Å². The number of ether oxygens (including phenoxy) is 2. The molecule has 4 nitrogen and oxygen atoms in total. The van der Waals surface area contributed by atoms with Crippen LogP contribution in [0, 0.1) is 0 Å². The monoisotopic (exact) mass is 306 g/mol. The van der Waals surface area contributed by atoms with Gasteiger partial charge in [0.25, 0.3) is 0 Å². The largest absolute Gasteiger partial charge is 0.457 e. The van der Waals surface area contributed by atoms with Crippen molar-refractivity contribution in [1.29, 1.82) is 0 Å². The molecular formula is C12H19BrO4. The number of hydrogen-bond acceptors (Lipinski definition) is 4. The molecule has 0 amide bonds. The Labute approximate surface area is 110 Å². The van der Waals surface area contributed by atoms with Crippen molar-refractivity contribution < 1.29 is 19.1 Å². The SMILES string of the molecule is CC(C)(C)OC(=O)/C=C(\Br)C(=O)OC(C)(C)C. The van der Waals surface area contributed by atoms with Crippen LogP contribution in [-0.4, -0.2) is 23.1 Å². The molecule has 0 saturated carbocycles. The molecule has 0 heterocycles. The molecule has 0 saturated heterocycles. The maximum Gasteiger partial charge on any atom is 0.346 e. The molecule has 98 valence electrons. The van der Waals surface area contributed by atoms with Crippen molar-refractivity contribution in [2.45, 2.75) is 52.7 Å². The zero-order valence-electron chi connectivity index (χ0n) is 11.1. The van der Waals surface area contributed by atoms with Gasteiger partial charge >= 0.3 is 11.9 Å². The van der Waals surface area contributed by atoms with Crippen LogP contribution in [0.4, 0.5) is 0 Å². The Morgan fingerprint density at radius 3 is 1.71 bits per heavy atom. The molecule has 5 heteroatoms. The first-order valence-electron chi connectivity index (χ1n) is 5.24. The fraction of sp³-hybridized carbons (Fsp3) is 0.667. The molecule has 0 bridgehead atoms.